The minimum atomic E-state index is -0.658. The maximum absolute atomic E-state index is 11.1. The van der Waals surface area contributed by atoms with Crippen molar-refractivity contribution in [3.8, 4) is 0 Å². The molecule has 0 unspecified atom stereocenters. The van der Waals surface area contributed by atoms with Gasteiger partial charge in [-0.05, 0) is 0 Å². The second-order valence-corrected chi connectivity index (χ2v) is 3.07. The molecule has 0 saturated carbocycles. The molecule has 0 aliphatic carbocycles. The van der Waals surface area contributed by atoms with Crippen LogP contribution in [0.3, 0.4) is 0 Å². The Bertz CT molecular complexity index is 255. The van der Waals surface area contributed by atoms with Crippen molar-refractivity contribution in [3.63, 3.8) is 0 Å². The number of rotatable bonds is 4. The first-order chi connectivity index (χ1) is 7.34. The standard InChI is InChI=1S/C7H16N6O3/c1-12(5(8)14)3-10-7(16)11-4-13(2)6(9)15/h3-4H2,1-2H3,(H2,8,14)(H2,9,15)(H2,10,11,16). The van der Waals surface area contributed by atoms with E-state index in [0.717, 1.165) is 9.80 Å². The highest BCUT2D eigenvalue weighted by Gasteiger charge is 2.07. The third-order valence-electron chi connectivity index (χ3n) is 1.71. The van der Waals surface area contributed by atoms with E-state index in [1.54, 1.807) is 0 Å². The molecule has 9 nitrogen and oxygen atoms in total. The first kappa shape index (κ1) is 13.8. The van der Waals surface area contributed by atoms with E-state index >= 15 is 0 Å². The molecule has 0 spiro atoms. The van der Waals surface area contributed by atoms with E-state index in [2.05, 4.69) is 10.6 Å². The highest BCUT2D eigenvalue weighted by molar-refractivity contribution is 5.76. The third kappa shape index (κ3) is 5.52. The van der Waals surface area contributed by atoms with Crippen molar-refractivity contribution < 1.29 is 14.4 Å². The van der Waals surface area contributed by atoms with Gasteiger partial charge in [-0.15, -0.1) is 0 Å². The predicted molar refractivity (Wildman–Crippen MR) is 56.1 cm³/mol. The summed E-state index contributed by atoms with van der Waals surface area (Å²) >= 11 is 0. The lowest BCUT2D eigenvalue weighted by Crippen LogP contribution is -2.48. The Hall–Kier alpha value is -2.19. The molecule has 0 bridgehead atoms. The number of urea groups is 3. The second kappa shape index (κ2) is 6.32. The number of amides is 6. The molecule has 0 radical (unpaired) electrons. The molecule has 0 aliphatic heterocycles. The summed E-state index contributed by atoms with van der Waals surface area (Å²) in [5, 5.41) is 4.71. The van der Waals surface area contributed by atoms with Crippen LogP contribution in [0, 0.1) is 0 Å². The summed E-state index contributed by atoms with van der Waals surface area (Å²) in [5.41, 5.74) is 9.86. The Morgan fingerprint density at radius 3 is 1.50 bits per heavy atom. The highest BCUT2D eigenvalue weighted by atomic mass is 16.2. The van der Waals surface area contributed by atoms with Crippen molar-refractivity contribution in [1.29, 1.82) is 0 Å². The van der Waals surface area contributed by atoms with Gasteiger partial charge in [0, 0.05) is 14.1 Å². The van der Waals surface area contributed by atoms with Gasteiger partial charge in [0.2, 0.25) is 0 Å². The van der Waals surface area contributed by atoms with Crippen LogP contribution < -0.4 is 22.1 Å². The Kier molecular flexibility index (Phi) is 5.46. The first-order valence-corrected chi connectivity index (χ1v) is 4.37. The van der Waals surface area contributed by atoms with E-state index in [-0.39, 0.29) is 13.3 Å². The molecule has 0 heterocycles. The van der Waals surface area contributed by atoms with Crippen molar-refractivity contribution >= 4 is 18.1 Å². The highest BCUT2D eigenvalue weighted by Crippen LogP contribution is 1.79. The van der Waals surface area contributed by atoms with Crippen LogP contribution in [0.4, 0.5) is 14.4 Å². The molecule has 0 aromatic rings. The summed E-state index contributed by atoms with van der Waals surface area (Å²) in [4.78, 5) is 34.5. The summed E-state index contributed by atoms with van der Waals surface area (Å²) in [6.07, 6.45) is 0. The van der Waals surface area contributed by atoms with E-state index in [9.17, 15) is 14.4 Å². The number of nitrogens with zero attached hydrogens (tertiary/aromatic N) is 2. The molecule has 6 N–H and O–H groups in total. The van der Waals surface area contributed by atoms with Gasteiger partial charge in [-0.1, -0.05) is 0 Å². The molecule has 9 heteroatoms. The van der Waals surface area contributed by atoms with Crippen molar-refractivity contribution in [2.75, 3.05) is 27.4 Å². The number of nitrogens with two attached hydrogens (primary N) is 2. The van der Waals surface area contributed by atoms with Crippen LogP contribution in [0.2, 0.25) is 0 Å². The summed E-state index contributed by atoms with van der Waals surface area (Å²) in [5.74, 6) is 0. The fourth-order valence-electron chi connectivity index (χ4n) is 0.599. The van der Waals surface area contributed by atoms with Crippen LogP contribution in [0.5, 0.6) is 0 Å². The first-order valence-electron chi connectivity index (χ1n) is 4.37. The molecule has 0 rings (SSSR count). The minimum absolute atomic E-state index is 0.0263. The van der Waals surface area contributed by atoms with Crippen LogP contribution in [-0.4, -0.2) is 55.3 Å². The molecule has 0 saturated heterocycles. The monoisotopic (exact) mass is 232 g/mol. The van der Waals surface area contributed by atoms with E-state index in [4.69, 9.17) is 11.5 Å². The number of primary amides is 2. The van der Waals surface area contributed by atoms with E-state index in [1.165, 1.54) is 14.1 Å². The molecule has 0 atom stereocenters. The SMILES string of the molecule is CN(CNC(=O)NCN(C)C(N)=O)C(N)=O. The van der Waals surface area contributed by atoms with Gasteiger partial charge >= 0.3 is 18.1 Å². The summed E-state index contributed by atoms with van der Waals surface area (Å²) < 4.78 is 0. The maximum atomic E-state index is 11.1. The van der Waals surface area contributed by atoms with E-state index < -0.39 is 18.1 Å². The van der Waals surface area contributed by atoms with Crippen molar-refractivity contribution in [3.05, 3.63) is 0 Å². The molecule has 16 heavy (non-hydrogen) atoms. The van der Waals surface area contributed by atoms with Crippen LogP contribution in [0.25, 0.3) is 0 Å². The number of hydrogen-bond donors (Lipinski definition) is 4. The topological polar surface area (TPSA) is 134 Å². The van der Waals surface area contributed by atoms with Gasteiger partial charge in [-0.3, -0.25) is 0 Å². The van der Waals surface area contributed by atoms with Gasteiger partial charge < -0.3 is 31.9 Å². The maximum Gasteiger partial charge on any atom is 0.317 e. The zero-order valence-electron chi connectivity index (χ0n) is 9.19. The Morgan fingerprint density at radius 1 is 0.938 bits per heavy atom. The zero-order chi connectivity index (χ0) is 12.7. The number of hydrogen-bond acceptors (Lipinski definition) is 3. The lowest BCUT2D eigenvalue weighted by atomic mass is 10.7. The third-order valence-corrected chi connectivity index (χ3v) is 1.71. The predicted octanol–water partition coefficient (Wildman–Crippen LogP) is -1.78. The lowest BCUT2D eigenvalue weighted by Gasteiger charge is -2.17. The van der Waals surface area contributed by atoms with Gasteiger partial charge in [0.15, 0.2) is 0 Å². The quantitative estimate of drug-likeness (QED) is 0.427. The van der Waals surface area contributed by atoms with E-state index in [1.807, 2.05) is 0 Å². The molecule has 6 amide bonds. The molecule has 0 aromatic carbocycles. The van der Waals surface area contributed by atoms with Crippen LogP contribution >= 0.6 is 0 Å². The van der Waals surface area contributed by atoms with Gasteiger partial charge in [0.1, 0.15) is 0 Å². The normalized spacial score (nSPS) is 9.12. The Balaban J connectivity index is 3.75. The molecule has 0 fully saturated rings. The average molecular weight is 232 g/mol. The van der Waals surface area contributed by atoms with Crippen LogP contribution in [-0.2, 0) is 0 Å². The fourth-order valence-corrected chi connectivity index (χ4v) is 0.599. The van der Waals surface area contributed by atoms with Gasteiger partial charge in [-0.25, -0.2) is 14.4 Å². The van der Waals surface area contributed by atoms with Crippen molar-refractivity contribution in [2.45, 2.75) is 0 Å². The number of nitrogens with one attached hydrogen (secondary N) is 2. The van der Waals surface area contributed by atoms with Crippen molar-refractivity contribution in [2.24, 2.45) is 11.5 Å². The average Bonchev–Trinajstić information content (AvgIpc) is 2.21. The van der Waals surface area contributed by atoms with Gasteiger partial charge in [-0.2, -0.15) is 0 Å². The van der Waals surface area contributed by atoms with Crippen LogP contribution in [0.1, 0.15) is 0 Å². The van der Waals surface area contributed by atoms with E-state index in [0.29, 0.717) is 0 Å². The molecule has 0 aromatic heterocycles. The minimum Gasteiger partial charge on any atom is -0.351 e. The summed E-state index contributed by atoms with van der Waals surface area (Å²) in [6.45, 7) is -0.0527. The largest absolute Gasteiger partial charge is 0.351 e. The second-order valence-electron chi connectivity index (χ2n) is 3.07. The Labute approximate surface area is 92.7 Å². The number of carbonyl (C=O) groups is 3. The zero-order valence-corrected chi connectivity index (χ0v) is 9.19. The molecular formula is C7H16N6O3. The van der Waals surface area contributed by atoms with Crippen molar-refractivity contribution in [1.82, 2.24) is 20.4 Å². The fraction of sp³-hybridized carbons (Fsp3) is 0.571. The molecule has 0 aliphatic rings. The van der Waals surface area contributed by atoms with Crippen LogP contribution in [0.15, 0.2) is 0 Å². The Morgan fingerprint density at radius 2 is 1.25 bits per heavy atom. The molecular weight excluding hydrogens is 216 g/mol. The smallest absolute Gasteiger partial charge is 0.317 e. The van der Waals surface area contributed by atoms with Gasteiger partial charge in [0.25, 0.3) is 0 Å². The number of carbonyl (C=O) groups excluding carboxylic acids is 3. The summed E-state index contributed by atoms with van der Waals surface area (Å²) in [7, 11) is 2.86. The lowest BCUT2D eigenvalue weighted by molar-refractivity contribution is 0.205. The molecule has 92 valence electrons. The summed E-state index contributed by atoms with van der Waals surface area (Å²) in [6, 6.07) is -1.86. The van der Waals surface area contributed by atoms with Gasteiger partial charge in [0.05, 0.1) is 13.3 Å².